The summed E-state index contributed by atoms with van der Waals surface area (Å²) < 4.78 is 5.77. The molecule has 6 nitrogen and oxygen atoms in total. The number of nitrogens with zero attached hydrogens (tertiary/aromatic N) is 2. The van der Waals surface area contributed by atoms with Crippen LogP contribution in [-0.2, 0) is 4.74 Å². The van der Waals surface area contributed by atoms with Crippen molar-refractivity contribution in [3.63, 3.8) is 0 Å². The van der Waals surface area contributed by atoms with E-state index >= 15 is 0 Å². The molecule has 21 heavy (non-hydrogen) atoms. The number of nitrogens with two attached hydrogens (primary N) is 1. The Morgan fingerprint density at radius 1 is 1.33 bits per heavy atom. The lowest BCUT2D eigenvalue weighted by Crippen LogP contribution is -2.58. The molecule has 0 radical (unpaired) electrons. The molecule has 0 bridgehead atoms. The van der Waals surface area contributed by atoms with Gasteiger partial charge in [-0.3, -0.25) is 0 Å². The number of rotatable bonds is 6. The fraction of sp³-hybridized carbons (Fsp3) is 0.733. The van der Waals surface area contributed by atoms with Crippen molar-refractivity contribution in [2.75, 3.05) is 17.3 Å². The van der Waals surface area contributed by atoms with Gasteiger partial charge in [-0.05, 0) is 26.2 Å². The summed E-state index contributed by atoms with van der Waals surface area (Å²) in [5.41, 5.74) is 2.74. The lowest BCUT2D eigenvalue weighted by molar-refractivity contribution is -0.0976. The number of hydrogen-bond acceptors (Lipinski definition) is 6. The van der Waals surface area contributed by atoms with Gasteiger partial charge in [0, 0.05) is 30.0 Å². The molecule has 0 saturated heterocycles. The van der Waals surface area contributed by atoms with Crippen molar-refractivity contribution in [1.82, 2.24) is 9.97 Å². The topological polar surface area (TPSA) is 85.1 Å². The first-order valence-corrected chi connectivity index (χ1v) is 7.78. The standard InChI is InChI=1S/C15H25N5O/c1-4-21-11-7-10(15(11,2)3)17-12-8-13(20-16)19-14(18-12)9-5-6-9/h8-11H,4-7,16H2,1-3H3,(H2,17,18,19,20). The van der Waals surface area contributed by atoms with Gasteiger partial charge < -0.3 is 15.5 Å². The normalized spacial score (nSPS) is 27.0. The second kappa shape index (κ2) is 5.42. The first-order chi connectivity index (χ1) is 10.0. The van der Waals surface area contributed by atoms with Gasteiger partial charge in [0.05, 0.1) is 6.10 Å². The van der Waals surface area contributed by atoms with E-state index < -0.39 is 0 Å². The van der Waals surface area contributed by atoms with E-state index in [-0.39, 0.29) is 5.41 Å². The maximum absolute atomic E-state index is 5.77. The highest BCUT2D eigenvalue weighted by molar-refractivity contribution is 5.49. The Morgan fingerprint density at radius 2 is 2.05 bits per heavy atom. The Balaban J connectivity index is 1.72. The molecule has 2 atom stereocenters. The van der Waals surface area contributed by atoms with Crippen LogP contribution in [-0.4, -0.2) is 28.7 Å². The Hall–Kier alpha value is -1.40. The van der Waals surface area contributed by atoms with Crippen molar-refractivity contribution in [1.29, 1.82) is 0 Å². The van der Waals surface area contributed by atoms with Crippen LogP contribution in [0.1, 0.15) is 51.8 Å². The zero-order chi connectivity index (χ0) is 15.0. The minimum Gasteiger partial charge on any atom is -0.378 e. The maximum Gasteiger partial charge on any atom is 0.145 e. The number of aromatic nitrogens is 2. The van der Waals surface area contributed by atoms with E-state index in [1.54, 1.807) is 0 Å². The molecular formula is C15H25N5O. The van der Waals surface area contributed by atoms with Crippen LogP contribution < -0.4 is 16.6 Å². The molecule has 2 aliphatic carbocycles. The minimum absolute atomic E-state index is 0.108. The van der Waals surface area contributed by atoms with Gasteiger partial charge >= 0.3 is 0 Å². The largest absolute Gasteiger partial charge is 0.378 e. The molecule has 4 N–H and O–H groups in total. The molecule has 1 heterocycles. The zero-order valence-electron chi connectivity index (χ0n) is 13.0. The van der Waals surface area contributed by atoms with E-state index in [9.17, 15) is 0 Å². The molecule has 0 amide bonds. The van der Waals surface area contributed by atoms with Crippen LogP contribution in [0, 0.1) is 5.41 Å². The molecule has 2 unspecified atom stereocenters. The fourth-order valence-corrected chi connectivity index (χ4v) is 2.93. The number of ether oxygens (including phenoxy) is 1. The number of nitrogens with one attached hydrogen (secondary N) is 2. The third kappa shape index (κ3) is 2.82. The smallest absolute Gasteiger partial charge is 0.145 e. The summed E-state index contributed by atoms with van der Waals surface area (Å²) in [4.78, 5) is 9.08. The van der Waals surface area contributed by atoms with E-state index in [4.69, 9.17) is 10.6 Å². The predicted octanol–water partition coefficient (Wildman–Crippen LogP) is 2.26. The third-order valence-corrected chi connectivity index (χ3v) is 4.70. The summed E-state index contributed by atoms with van der Waals surface area (Å²) >= 11 is 0. The molecule has 0 aliphatic heterocycles. The summed E-state index contributed by atoms with van der Waals surface area (Å²) in [6.07, 6.45) is 3.68. The van der Waals surface area contributed by atoms with Crippen LogP contribution >= 0.6 is 0 Å². The maximum atomic E-state index is 5.77. The Morgan fingerprint density at radius 3 is 2.62 bits per heavy atom. The quantitative estimate of drug-likeness (QED) is 0.550. The van der Waals surface area contributed by atoms with Crippen LogP contribution in [0.2, 0.25) is 0 Å². The molecule has 2 aliphatic rings. The third-order valence-electron chi connectivity index (χ3n) is 4.70. The van der Waals surface area contributed by atoms with Crippen molar-refractivity contribution < 1.29 is 4.74 Å². The van der Waals surface area contributed by atoms with E-state index in [2.05, 4.69) is 34.6 Å². The molecular weight excluding hydrogens is 266 g/mol. The summed E-state index contributed by atoms with van der Waals surface area (Å²) in [6.45, 7) is 7.28. The van der Waals surface area contributed by atoms with Crippen LogP contribution in [0.5, 0.6) is 0 Å². The summed E-state index contributed by atoms with van der Waals surface area (Å²) in [5.74, 6) is 8.44. The summed E-state index contributed by atoms with van der Waals surface area (Å²) in [6, 6.07) is 2.23. The Kier molecular flexibility index (Phi) is 3.75. The number of anilines is 2. The number of nitrogen functional groups attached to an aromatic ring is 1. The molecule has 2 saturated carbocycles. The highest BCUT2D eigenvalue weighted by Crippen LogP contribution is 2.44. The molecule has 3 rings (SSSR count). The monoisotopic (exact) mass is 291 g/mol. The van der Waals surface area contributed by atoms with E-state index in [0.717, 1.165) is 24.7 Å². The predicted molar refractivity (Wildman–Crippen MR) is 83.0 cm³/mol. The van der Waals surface area contributed by atoms with Crippen molar-refractivity contribution >= 4 is 11.6 Å². The zero-order valence-corrected chi connectivity index (χ0v) is 13.0. The molecule has 1 aromatic heterocycles. The van der Waals surface area contributed by atoms with Gasteiger partial charge in [-0.2, -0.15) is 0 Å². The summed E-state index contributed by atoms with van der Waals surface area (Å²) in [7, 11) is 0. The Bertz CT molecular complexity index is 515. The first kappa shape index (κ1) is 14.5. The van der Waals surface area contributed by atoms with Crippen molar-refractivity contribution in [3.8, 4) is 0 Å². The van der Waals surface area contributed by atoms with Gasteiger partial charge in [-0.25, -0.2) is 15.8 Å². The Labute approximate surface area is 125 Å². The van der Waals surface area contributed by atoms with E-state index in [0.29, 0.717) is 23.9 Å². The molecule has 0 aromatic carbocycles. The average Bonchev–Trinajstić information content (AvgIpc) is 3.30. The molecule has 116 valence electrons. The van der Waals surface area contributed by atoms with Crippen LogP contribution in [0.15, 0.2) is 6.07 Å². The van der Waals surface area contributed by atoms with Crippen molar-refractivity contribution in [2.45, 2.75) is 58.1 Å². The van der Waals surface area contributed by atoms with E-state index in [1.807, 2.05) is 13.0 Å². The van der Waals surface area contributed by atoms with Gasteiger partial charge in [0.25, 0.3) is 0 Å². The van der Waals surface area contributed by atoms with E-state index in [1.165, 1.54) is 12.8 Å². The molecule has 0 spiro atoms. The molecule has 1 aromatic rings. The lowest BCUT2D eigenvalue weighted by Gasteiger charge is -2.51. The van der Waals surface area contributed by atoms with Gasteiger partial charge in [-0.1, -0.05) is 13.8 Å². The number of hydrogen-bond donors (Lipinski definition) is 3. The van der Waals surface area contributed by atoms with Gasteiger partial charge in [0.15, 0.2) is 0 Å². The van der Waals surface area contributed by atoms with Gasteiger partial charge in [-0.15, -0.1) is 0 Å². The molecule has 6 heteroatoms. The fourth-order valence-electron chi connectivity index (χ4n) is 2.93. The highest BCUT2D eigenvalue weighted by Gasteiger charge is 2.49. The SMILES string of the molecule is CCOC1CC(Nc2cc(NN)nc(C3CC3)n2)C1(C)C. The molecule has 2 fully saturated rings. The van der Waals surface area contributed by atoms with Crippen molar-refractivity contribution in [3.05, 3.63) is 11.9 Å². The van der Waals surface area contributed by atoms with Gasteiger partial charge in [0.2, 0.25) is 0 Å². The second-order valence-electron chi connectivity index (χ2n) is 6.61. The van der Waals surface area contributed by atoms with Gasteiger partial charge in [0.1, 0.15) is 17.5 Å². The number of hydrazine groups is 1. The highest BCUT2D eigenvalue weighted by atomic mass is 16.5. The minimum atomic E-state index is 0.108. The lowest BCUT2D eigenvalue weighted by atomic mass is 9.64. The summed E-state index contributed by atoms with van der Waals surface area (Å²) in [5, 5.41) is 3.53. The first-order valence-electron chi connectivity index (χ1n) is 7.78. The second-order valence-corrected chi connectivity index (χ2v) is 6.61. The average molecular weight is 291 g/mol. The van der Waals surface area contributed by atoms with Crippen LogP contribution in [0.25, 0.3) is 0 Å². The van der Waals surface area contributed by atoms with Crippen LogP contribution in [0.3, 0.4) is 0 Å². The van der Waals surface area contributed by atoms with Crippen molar-refractivity contribution in [2.24, 2.45) is 11.3 Å². The van der Waals surface area contributed by atoms with Crippen LogP contribution in [0.4, 0.5) is 11.6 Å².